The van der Waals surface area contributed by atoms with Gasteiger partial charge in [-0.15, -0.1) is 0 Å². The molecule has 0 saturated heterocycles. The zero-order valence-electron chi connectivity index (χ0n) is 18.8. The van der Waals surface area contributed by atoms with Gasteiger partial charge >= 0.3 is 0 Å². The zero-order chi connectivity index (χ0) is 24.0. The maximum Gasteiger partial charge on any atom is 0.290 e. The largest absolute Gasteiger partial charge is 0.503 e. The smallest absolute Gasteiger partial charge is 0.290 e. The number of ketones is 1. The fourth-order valence-corrected chi connectivity index (χ4v) is 4.95. The predicted molar refractivity (Wildman–Crippen MR) is 134 cm³/mol. The van der Waals surface area contributed by atoms with Gasteiger partial charge in [-0.2, -0.15) is 0 Å². The van der Waals surface area contributed by atoms with Crippen LogP contribution in [0.5, 0.6) is 0 Å². The van der Waals surface area contributed by atoms with E-state index in [4.69, 9.17) is 4.42 Å². The van der Waals surface area contributed by atoms with Gasteiger partial charge < -0.3 is 24.3 Å². The molecule has 8 heteroatoms. The van der Waals surface area contributed by atoms with Crippen molar-refractivity contribution in [3.8, 4) is 0 Å². The Bertz CT molecular complexity index is 1450. The molecule has 2 N–H and O–H groups in total. The summed E-state index contributed by atoms with van der Waals surface area (Å²) in [6, 6.07) is 14.1. The molecule has 3 heterocycles. The number of benzene rings is 2. The number of amides is 1. The predicted octanol–water partition coefficient (Wildman–Crippen LogP) is 5.21. The van der Waals surface area contributed by atoms with Crippen LogP contribution in [0, 0.1) is 0 Å². The number of Topliss-reactive ketones (excluding diaryl/α,β-unsaturated/α-hetero) is 1. The quantitative estimate of drug-likeness (QED) is 0.326. The maximum absolute atomic E-state index is 13.7. The van der Waals surface area contributed by atoms with Crippen LogP contribution < -0.4 is 0 Å². The van der Waals surface area contributed by atoms with Gasteiger partial charge in [0, 0.05) is 39.1 Å². The lowest BCUT2D eigenvalue weighted by Gasteiger charge is -2.26. The van der Waals surface area contributed by atoms with Crippen LogP contribution in [-0.2, 0) is 4.79 Å². The third kappa shape index (κ3) is 3.82. The number of nitrogens with zero attached hydrogens (tertiary/aromatic N) is 2. The lowest BCUT2D eigenvalue weighted by atomic mass is 9.94. The molecule has 5 rings (SSSR count). The van der Waals surface area contributed by atoms with Gasteiger partial charge in [0.15, 0.2) is 11.5 Å². The standard InChI is InChI=1S/C26H24BrN3O4/c1-29(2)10-5-11-30-23(18-14-28-19-7-4-3-6-17(18)19)22(25(32)26(30)33)24(31)21-13-15-12-16(27)8-9-20(15)34-21/h3-4,6-9,12-14,23,28,32H,5,10-11H2,1-2H3. The maximum atomic E-state index is 13.7. The molecule has 1 aliphatic heterocycles. The second-order valence-corrected chi connectivity index (χ2v) is 9.65. The van der Waals surface area contributed by atoms with Crippen LogP contribution in [0.2, 0.25) is 0 Å². The fraction of sp³-hybridized carbons (Fsp3) is 0.231. The van der Waals surface area contributed by atoms with E-state index < -0.39 is 23.5 Å². The number of H-pyrrole nitrogens is 1. The molecule has 2 aromatic carbocycles. The summed E-state index contributed by atoms with van der Waals surface area (Å²) in [4.78, 5) is 33.7. The summed E-state index contributed by atoms with van der Waals surface area (Å²) in [5.41, 5.74) is 2.25. The first kappa shape index (κ1) is 22.4. The van der Waals surface area contributed by atoms with Crippen molar-refractivity contribution < 1.29 is 19.1 Å². The molecule has 1 unspecified atom stereocenters. The Kier molecular flexibility index (Phi) is 5.79. The summed E-state index contributed by atoms with van der Waals surface area (Å²) in [7, 11) is 3.93. The van der Waals surface area contributed by atoms with Gasteiger partial charge in [-0.05, 0) is 57.4 Å². The Morgan fingerprint density at radius 3 is 2.79 bits per heavy atom. The molecular weight excluding hydrogens is 498 g/mol. The highest BCUT2D eigenvalue weighted by molar-refractivity contribution is 9.10. The molecule has 0 radical (unpaired) electrons. The van der Waals surface area contributed by atoms with E-state index in [2.05, 4.69) is 20.9 Å². The number of aliphatic hydroxyl groups excluding tert-OH is 1. The van der Waals surface area contributed by atoms with Crippen molar-refractivity contribution in [1.82, 2.24) is 14.8 Å². The highest BCUT2D eigenvalue weighted by atomic mass is 79.9. The second kappa shape index (κ2) is 8.77. The van der Waals surface area contributed by atoms with Crippen molar-refractivity contribution >= 4 is 49.5 Å². The molecule has 1 atom stereocenters. The number of aliphatic hydroxyl groups is 1. The van der Waals surface area contributed by atoms with E-state index in [1.165, 1.54) is 0 Å². The van der Waals surface area contributed by atoms with Crippen molar-refractivity contribution in [2.45, 2.75) is 12.5 Å². The van der Waals surface area contributed by atoms with Crippen LogP contribution in [0.15, 0.2) is 74.9 Å². The van der Waals surface area contributed by atoms with Crippen LogP contribution in [0.4, 0.5) is 0 Å². The second-order valence-electron chi connectivity index (χ2n) is 8.73. The number of carbonyl (C=O) groups excluding carboxylic acids is 2. The fourth-order valence-electron chi connectivity index (χ4n) is 4.58. The number of para-hydroxylation sites is 1. The van der Waals surface area contributed by atoms with Gasteiger partial charge in [0.05, 0.1) is 11.6 Å². The molecule has 2 aromatic heterocycles. The van der Waals surface area contributed by atoms with Crippen molar-refractivity contribution in [1.29, 1.82) is 0 Å². The van der Waals surface area contributed by atoms with Gasteiger partial charge in [0.1, 0.15) is 5.58 Å². The Hall–Kier alpha value is -3.36. The number of furan rings is 1. The van der Waals surface area contributed by atoms with Gasteiger partial charge in [0.2, 0.25) is 5.78 Å². The molecule has 0 aliphatic carbocycles. The highest BCUT2D eigenvalue weighted by Gasteiger charge is 2.45. The van der Waals surface area contributed by atoms with Crippen LogP contribution in [0.25, 0.3) is 21.9 Å². The minimum absolute atomic E-state index is 0.0396. The van der Waals surface area contributed by atoms with Crippen LogP contribution >= 0.6 is 15.9 Å². The number of aromatic nitrogens is 1. The van der Waals surface area contributed by atoms with Crippen molar-refractivity contribution in [3.63, 3.8) is 0 Å². The van der Waals surface area contributed by atoms with Crippen molar-refractivity contribution in [2.24, 2.45) is 0 Å². The first-order chi connectivity index (χ1) is 16.3. The number of rotatable bonds is 7. The Labute approximate surface area is 204 Å². The molecule has 34 heavy (non-hydrogen) atoms. The topological polar surface area (TPSA) is 89.8 Å². The highest BCUT2D eigenvalue weighted by Crippen LogP contribution is 2.42. The van der Waals surface area contributed by atoms with E-state index in [9.17, 15) is 14.7 Å². The van der Waals surface area contributed by atoms with Crippen LogP contribution in [-0.4, -0.2) is 58.8 Å². The van der Waals surface area contributed by atoms with E-state index in [1.807, 2.05) is 61.6 Å². The van der Waals surface area contributed by atoms with E-state index in [1.54, 1.807) is 17.0 Å². The van der Waals surface area contributed by atoms with E-state index in [0.717, 1.165) is 32.9 Å². The summed E-state index contributed by atoms with van der Waals surface area (Å²) in [6.45, 7) is 1.17. The first-order valence-corrected chi connectivity index (χ1v) is 11.8. The zero-order valence-corrected chi connectivity index (χ0v) is 20.4. The number of aromatic amines is 1. The summed E-state index contributed by atoms with van der Waals surface area (Å²) >= 11 is 3.43. The van der Waals surface area contributed by atoms with Crippen LogP contribution in [0.1, 0.15) is 28.6 Å². The molecule has 0 saturated carbocycles. The lowest BCUT2D eigenvalue weighted by Crippen LogP contribution is -2.33. The molecular formula is C26H24BrN3O4. The summed E-state index contributed by atoms with van der Waals surface area (Å²) < 4.78 is 6.68. The average Bonchev–Trinajstić information content (AvgIpc) is 3.48. The molecule has 174 valence electrons. The first-order valence-electron chi connectivity index (χ1n) is 11.0. The number of halogens is 1. The van der Waals surface area contributed by atoms with E-state index in [0.29, 0.717) is 18.5 Å². The number of fused-ring (bicyclic) bond motifs is 2. The van der Waals surface area contributed by atoms with Crippen molar-refractivity contribution in [2.75, 3.05) is 27.2 Å². The van der Waals surface area contributed by atoms with E-state index in [-0.39, 0.29) is 11.3 Å². The molecule has 1 aliphatic rings. The molecule has 0 fully saturated rings. The molecule has 4 aromatic rings. The van der Waals surface area contributed by atoms with E-state index >= 15 is 0 Å². The molecule has 1 amide bonds. The summed E-state index contributed by atoms with van der Waals surface area (Å²) in [6.07, 6.45) is 2.51. The summed E-state index contributed by atoms with van der Waals surface area (Å²) in [5, 5.41) is 12.6. The third-order valence-corrected chi connectivity index (χ3v) is 6.66. The van der Waals surface area contributed by atoms with Gasteiger partial charge in [-0.1, -0.05) is 34.1 Å². The monoisotopic (exact) mass is 521 g/mol. The Morgan fingerprint density at radius 2 is 2.00 bits per heavy atom. The Morgan fingerprint density at radius 1 is 1.21 bits per heavy atom. The number of hydrogen-bond acceptors (Lipinski definition) is 5. The molecule has 7 nitrogen and oxygen atoms in total. The number of hydrogen-bond donors (Lipinski definition) is 2. The minimum atomic E-state index is -0.724. The van der Waals surface area contributed by atoms with Crippen molar-refractivity contribution in [3.05, 3.63) is 81.9 Å². The Balaban J connectivity index is 1.60. The SMILES string of the molecule is CN(C)CCCN1C(=O)C(O)=C(C(=O)c2cc3cc(Br)ccc3o2)C1c1c[nH]c2ccccc12. The van der Waals surface area contributed by atoms with Gasteiger partial charge in [-0.25, -0.2) is 0 Å². The minimum Gasteiger partial charge on any atom is -0.503 e. The lowest BCUT2D eigenvalue weighted by molar-refractivity contribution is -0.129. The molecule has 0 spiro atoms. The third-order valence-electron chi connectivity index (χ3n) is 6.17. The normalized spacial score (nSPS) is 16.5. The summed E-state index contributed by atoms with van der Waals surface area (Å²) in [5.74, 6) is -1.48. The molecule has 0 bridgehead atoms. The van der Waals surface area contributed by atoms with Crippen LogP contribution in [0.3, 0.4) is 0 Å². The number of carbonyl (C=O) groups is 2. The van der Waals surface area contributed by atoms with Gasteiger partial charge in [-0.3, -0.25) is 9.59 Å². The average molecular weight is 522 g/mol. The number of nitrogens with one attached hydrogen (secondary N) is 1. The van der Waals surface area contributed by atoms with Gasteiger partial charge in [0.25, 0.3) is 5.91 Å².